The molecule has 0 saturated heterocycles. The number of rotatable bonds is 5. The first kappa shape index (κ1) is 17.7. The zero-order chi connectivity index (χ0) is 18.5. The van der Waals surface area contributed by atoms with Crippen LogP contribution in [-0.4, -0.2) is 32.9 Å². The number of nitrogens with one attached hydrogen (secondary N) is 1. The summed E-state index contributed by atoms with van der Waals surface area (Å²) in [5.41, 5.74) is 2.47. The normalized spacial score (nSPS) is 11.6. The van der Waals surface area contributed by atoms with E-state index in [4.69, 9.17) is 4.74 Å². The molecule has 1 atom stereocenters. The second-order valence-corrected chi connectivity index (χ2v) is 6.34. The molecule has 0 aliphatic carbocycles. The molecule has 3 rings (SSSR count). The maximum absolute atomic E-state index is 12.2. The molecule has 1 unspecified atom stereocenters. The van der Waals surface area contributed by atoms with Crippen molar-refractivity contribution < 1.29 is 14.3 Å². The van der Waals surface area contributed by atoms with Crippen molar-refractivity contribution in [3.8, 4) is 11.3 Å². The summed E-state index contributed by atoms with van der Waals surface area (Å²) >= 11 is 1.30. The molecule has 1 N–H and O–H groups in total. The Morgan fingerprint density at radius 3 is 2.62 bits per heavy atom. The number of esters is 1. The quantitative estimate of drug-likeness (QED) is 0.696. The summed E-state index contributed by atoms with van der Waals surface area (Å²) in [6.07, 6.45) is 1.78. The monoisotopic (exact) mass is 368 g/mol. The third-order valence-electron chi connectivity index (χ3n) is 3.45. The predicted octanol–water partition coefficient (Wildman–Crippen LogP) is 3.09. The molecule has 132 valence electrons. The number of aromatic nitrogens is 3. The Balaban J connectivity index is 1.60. The number of anilines is 1. The molecule has 0 bridgehead atoms. The number of amides is 1. The number of carbonyl (C=O) groups excluding carboxylic acids is 2. The van der Waals surface area contributed by atoms with E-state index >= 15 is 0 Å². The van der Waals surface area contributed by atoms with Crippen molar-refractivity contribution in [1.82, 2.24) is 15.0 Å². The fourth-order valence-electron chi connectivity index (χ4n) is 2.05. The zero-order valence-electron chi connectivity index (χ0n) is 14.2. The van der Waals surface area contributed by atoms with Gasteiger partial charge in [-0.05, 0) is 13.8 Å². The maximum atomic E-state index is 12.2. The first-order valence-corrected chi connectivity index (χ1v) is 8.72. The molecule has 3 aromatic rings. The molecule has 0 saturated carbocycles. The number of hydrogen-bond acceptors (Lipinski definition) is 7. The average Bonchev–Trinajstić information content (AvgIpc) is 3.11. The van der Waals surface area contributed by atoms with Crippen molar-refractivity contribution in [3.05, 3.63) is 59.5 Å². The number of nitrogens with zero attached hydrogens (tertiary/aromatic N) is 3. The van der Waals surface area contributed by atoms with Crippen molar-refractivity contribution in [1.29, 1.82) is 0 Å². The van der Waals surface area contributed by atoms with E-state index < -0.39 is 18.0 Å². The summed E-state index contributed by atoms with van der Waals surface area (Å²) in [4.78, 5) is 36.5. The first-order chi connectivity index (χ1) is 12.5. The Morgan fingerprint density at radius 2 is 1.92 bits per heavy atom. The molecule has 0 fully saturated rings. The van der Waals surface area contributed by atoms with Gasteiger partial charge in [-0.1, -0.05) is 30.3 Å². The Hall–Kier alpha value is -3.13. The lowest BCUT2D eigenvalue weighted by atomic mass is 10.2. The van der Waals surface area contributed by atoms with E-state index in [2.05, 4.69) is 20.3 Å². The summed E-state index contributed by atoms with van der Waals surface area (Å²) in [5, 5.41) is 4.94. The van der Waals surface area contributed by atoms with Crippen LogP contribution in [0.1, 0.15) is 23.1 Å². The van der Waals surface area contributed by atoms with Crippen LogP contribution >= 0.6 is 11.3 Å². The van der Waals surface area contributed by atoms with Gasteiger partial charge in [0.15, 0.2) is 16.9 Å². The molecule has 26 heavy (non-hydrogen) atoms. The van der Waals surface area contributed by atoms with E-state index in [0.29, 0.717) is 10.8 Å². The summed E-state index contributed by atoms with van der Waals surface area (Å²) < 4.78 is 5.13. The van der Waals surface area contributed by atoms with Gasteiger partial charge in [-0.25, -0.2) is 14.8 Å². The minimum absolute atomic E-state index is 0.0517. The van der Waals surface area contributed by atoms with E-state index in [1.54, 1.807) is 6.92 Å². The van der Waals surface area contributed by atoms with Crippen molar-refractivity contribution in [2.45, 2.75) is 20.0 Å². The number of carbonyl (C=O) groups is 2. The van der Waals surface area contributed by atoms with Crippen LogP contribution in [-0.2, 0) is 9.53 Å². The van der Waals surface area contributed by atoms with Crippen molar-refractivity contribution >= 4 is 28.3 Å². The second-order valence-electron chi connectivity index (χ2n) is 5.48. The molecule has 0 aliphatic rings. The number of ether oxygens (including phenoxy) is 1. The molecule has 2 aromatic heterocycles. The van der Waals surface area contributed by atoms with Gasteiger partial charge in [0.25, 0.3) is 5.91 Å². The van der Waals surface area contributed by atoms with Gasteiger partial charge < -0.3 is 4.74 Å². The highest BCUT2D eigenvalue weighted by molar-refractivity contribution is 7.14. The van der Waals surface area contributed by atoms with Crippen LogP contribution in [0, 0.1) is 6.92 Å². The molecule has 1 aromatic carbocycles. The summed E-state index contributed by atoms with van der Waals surface area (Å²) in [6, 6.07) is 9.64. The lowest BCUT2D eigenvalue weighted by Gasteiger charge is -2.11. The van der Waals surface area contributed by atoms with Gasteiger partial charge >= 0.3 is 5.97 Å². The molecule has 0 spiro atoms. The van der Waals surface area contributed by atoms with E-state index in [-0.39, 0.29) is 5.69 Å². The Labute approximate surface area is 154 Å². The molecule has 7 nitrogen and oxygen atoms in total. The van der Waals surface area contributed by atoms with Crippen LogP contribution in [0.15, 0.2) is 48.1 Å². The molecular weight excluding hydrogens is 352 g/mol. The summed E-state index contributed by atoms with van der Waals surface area (Å²) in [6.45, 7) is 3.25. The molecule has 0 aliphatic heterocycles. The van der Waals surface area contributed by atoms with Gasteiger partial charge in [0, 0.05) is 17.1 Å². The second kappa shape index (κ2) is 7.83. The third kappa shape index (κ3) is 4.28. The number of aryl methyl sites for hydroxylation is 1. The van der Waals surface area contributed by atoms with Crippen LogP contribution in [0.2, 0.25) is 0 Å². The van der Waals surface area contributed by atoms with E-state index in [1.165, 1.54) is 30.7 Å². The number of hydrogen-bond donors (Lipinski definition) is 1. The highest BCUT2D eigenvalue weighted by atomic mass is 32.1. The molecule has 0 radical (unpaired) electrons. The molecule has 2 heterocycles. The predicted molar refractivity (Wildman–Crippen MR) is 97.8 cm³/mol. The van der Waals surface area contributed by atoms with Crippen LogP contribution in [0.4, 0.5) is 5.13 Å². The third-order valence-corrected chi connectivity index (χ3v) is 4.20. The summed E-state index contributed by atoms with van der Waals surface area (Å²) in [5.74, 6) is -1.17. The van der Waals surface area contributed by atoms with Crippen LogP contribution in [0.5, 0.6) is 0 Å². The van der Waals surface area contributed by atoms with Crippen molar-refractivity contribution in [3.63, 3.8) is 0 Å². The van der Waals surface area contributed by atoms with E-state index in [1.807, 2.05) is 35.7 Å². The van der Waals surface area contributed by atoms with Crippen LogP contribution in [0.25, 0.3) is 11.3 Å². The maximum Gasteiger partial charge on any atom is 0.359 e. The first-order valence-electron chi connectivity index (χ1n) is 7.84. The van der Waals surface area contributed by atoms with Crippen LogP contribution in [0.3, 0.4) is 0 Å². The van der Waals surface area contributed by atoms with Gasteiger partial charge in [-0.2, -0.15) is 0 Å². The largest absolute Gasteiger partial charge is 0.448 e. The van der Waals surface area contributed by atoms with Gasteiger partial charge in [-0.3, -0.25) is 15.1 Å². The Bertz CT molecular complexity index is 910. The summed E-state index contributed by atoms with van der Waals surface area (Å²) in [7, 11) is 0. The standard InChI is InChI=1S/C18H16N4O3S/c1-11-8-20-14(9-19-11)17(24)25-12(2)16(23)22-18-21-15(10-26-18)13-6-4-3-5-7-13/h3-10,12H,1-2H3,(H,21,22,23). The number of benzene rings is 1. The Morgan fingerprint density at radius 1 is 1.15 bits per heavy atom. The van der Waals surface area contributed by atoms with Gasteiger partial charge in [0.2, 0.25) is 0 Å². The number of thiazole rings is 1. The lowest BCUT2D eigenvalue weighted by Crippen LogP contribution is -2.30. The van der Waals surface area contributed by atoms with Crippen molar-refractivity contribution in [2.24, 2.45) is 0 Å². The van der Waals surface area contributed by atoms with Crippen molar-refractivity contribution in [2.75, 3.05) is 5.32 Å². The lowest BCUT2D eigenvalue weighted by molar-refractivity contribution is -0.123. The SMILES string of the molecule is Cc1cnc(C(=O)OC(C)C(=O)Nc2nc(-c3ccccc3)cs2)cn1. The smallest absolute Gasteiger partial charge is 0.359 e. The minimum Gasteiger partial charge on any atom is -0.448 e. The highest BCUT2D eigenvalue weighted by Crippen LogP contribution is 2.24. The minimum atomic E-state index is -0.991. The fraction of sp³-hybridized carbons (Fsp3) is 0.167. The molecule has 1 amide bonds. The zero-order valence-corrected chi connectivity index (χ0v) is 15.0. The van der Waals surface area contributed by atoms with E-state index in [9.17, 15) is 9.59 Å². The van der Waals surface area contributed by atoms with Gasteiger partial charge in [0.1, 0.15) is 0 Å². The molecule has 8 heteroatoms. The van der Waals surface area contributed by atoms with Crippen LogP contribution < -0.4 is 5.32 Å². The topological polar surface area (TPSA) is 94.1 Å². The van der Waals surface area contributed by atoms with Gasteiger partial charge in [0.05, 0.1) is 17.6 Å². The van der Waals surface area contributed by atoms with Gasteiger partial charge in [-0.15, -0.1) is 11.3 Å². The average molecular weight is 368 g/mol. The van der Waals surface area contributed by atoms with E-state index in [0.717, 1.165) is 11.3 Å². The highest BCUT2D eigenvalue weighted by Gasteiger charge is 2.21. The Kier molecular flexibility index (Phi) is 5.33. The molecular formula is C18H16N4O3S. The fourth-order valence-corrected chi connectivity index (χ4v) is 2.77.